The van der Waals surface area contributed by atoms with E-state index in [2.05, 4.69) is 15.2 Å². The zero-order chi connectivity index (χ0) is 12.5. The number of nitrogens with zero attached hydrogens (tertiary/aromatic N) is 2. The standard InChI is InChI=1S/C13H18N4O/c14-12-11(2-1-6-15-12)13(18)16-9-5-7-17(8-9)10-3-4-10/h1-2,6,9-10H,3-5,7-8H2,(H2,14,15)(H,16,18). The molecule has 1 saturated carbocycles. The largest absolute Gasteiger partial charge is 0.383 e. The normalized spacial score (nSPS) is 24.1. The van der Waals surface area contributed by atoms with Crippen molar-refractivity contribution in [2.75, 3.05) is 18.8 Å². The topological polar surface area (TPSA) is 71.2 Å². The van der Waals surface area contributed by atoms with E-state index in [0.29, 0.717) is 11.4 Å². The number of amides is 1. The van der Waals surface area contributed by atoms with E-state index in [1.807, 2.05) is 0 Å². The lowest BCUT2D eigenvalue weighted by molar-refractivity contribution is 0.0938. The zero-order valence-electron chi connectivity index (χ0n) is 10.3. The van der Waals surface area contributed by atoms with E-state index in [1.165, 1.54) is 12.8 Å². The number of nitrogen functional groups attached to an aromatic ring is 1. The SMILES string of the molecule is Nc1ncccc1C(=O)NC1CCN(C2CC2)C1. The molecule has 2 heterocycles. The van der Waals surface area contributed by atoms with E-state index in [-0.39, 0.29) is 11.9 Å². The smallest absolute Gasteiger partial charge is 0.255 e. The monoisotopic (exact) mass is 246 g/mol. The average molecular weight is 246 g/mol. The lowest BCUT2D eigenvalue weighted by Crippen LogP contribution is -2.37. The van der Waals surface area contributed by atoms with Crippen LogP contribution < -0.4 is 11.1 Å². The fraction of sp³-hybridized carbons (Fsp3) is 0.538. The van der Waals surface area contributed by atoms with Gasteiger partial charge >= 0.3 is 0 Å². The van der Waals surface area contributed by atoms with Gasteiger partial charge in [-0.2, -0.15) is 0 Å². The van der Waals surface area contributed by atoms with Crippen LogP contribution in [0.25, 0.3) is 0 Å². The summed E-state index contributed by atoms with van der Waals surface area (Å²) >= 11 is 0. The molecule has 1 aromatic heterocycles. The first-order chi connectivity index (χ1) is 8.74. The van der Waals surface area contributed by atoms with Crippen LogP contribution in [0.4, 0.5) is 5.82 Å². The molecule has 1 saturated heterocycles. The second kappa shape index (κ2) is 4.57. The Balaban J connectivity index is 1.60. The molecule has 18 heavy (non-hydrogen) atoms. The molecule has 3 N–H and O–H groups in total. The van der Waals surface area contributed by atoms with Crippen LogP contribution in [-0.4, -0.2) is 41.0 Å². The number of nitrogens with two attached hydrogens (primary N) is 1. The minimum absolute atomic E-state index is 0.108. The van der Waals surface area contributed by atoms with Crippen LogP contribution in [-0.2, 0) is 0 Å². The summed E-state index contributed by atoms with van der Waals surface area (Å²) < 4.78 is 0. The molecule has 1 amide bonds. The van der Waals surface area contributed by atoms with Crippen molar-refractivity contribution in [3.05, 3.63) is 23.9 Å². The third-order valence-electron chi connectivity index (χ3n) is 3.70. The van der Waals surface area contributed by atoms with Crippen LogP contribution >= 0.6 is 0 Å². The van der Waals surface area contributed by atoms with Gasteiger partial charge in [0.2, 0.25) is 0 Å². The van der Waals surface area contributed by atoms with E-state index in [9.17, 15) is 4.79 Å². The Morgan fingerprint density at radius 1 is 1.44 bits per heavy atom. The summed E-state index contributed by atoms with van der Waals surface area (Å²) in [5.74, 6) is 0.190. The molecule has 2 fully saturated rings. The van der Waals surface area contributed by atoms with Crippen molar-refractivity contribution in [2.45, 2.75) is 31.3 Å². The fourth-order valence-corrected chi connectivity index (χ4v) is 2.55. The molecular weight excluding hydrogens is 228 g/mol. The van der Waals surface area contributed by atoms with Crippen LogP contribution in [0.5, 0.6) is 0 Å². The van der Waals surface area contributed by atoms with Crippen molar-refractivity contribution in [1.82, 2.24) is 15.2 Å². The Kier molecular flexibility index (Phi) is 2.91. The molecule has 0 spiro atoms. The molecule has 96 valence electrons. The van der Waals surface area contributed by atoms with Gasteiger partial charge in [0, 0.05) is 31.4 Å². The summed E-state index contributed by atoms with van der Waals surface area (Å²) in [5, 5.41) is 3.05. The Hall–Kier alpha value is -1.62. The highest BCUT2D eigenvalue weighted by Gasteiger charge is 2.34. The van der Waals surface area contributed by atoms with Gasteiger partial charge in [-0.3, -0.25) is 9.69 Å². The molecule has 0 bridgehead atoms. The molecule has 5 nitrogen and oxygen atoms in total. The van der Waals surface area contributed by atoms with Gasteiger partial charge in [-0.1, -0.05) is 0 Å². The third-order valence-corrected chi connectivity index (χ3v) is 3.70. The molecule has 5 heteroatoms. The lowest BCUT2D eigenvalue weighted by atomic mass is 10.2. The summed E-state index contributed by atoms with van der Waals surface area (Å²) in [6.07, 6.45) is 5.26. The number of likely N-dealkylation sites (tertiary alicyclic amines) is 1. The second-order valence-electron chi connectivity index (χ2n) is 5.12. The van der Waals surface area contributed by atoms with Crippen LogP contribution in [0.2, 0.25) is 0 Å². The Labute approximate surface area is 106 Å². The Bertz CT molecular complexity index is 458. The van der Waals surface area contributed by atoms with Crippen LogP contribution in [0.3, 0.4) is 0 Å². The van der Waals surface area contributed by atoms with E-state index in [0.717, 1.165) is 25.6 Å². The summed E-state index contributed by atoms with van der Waals surface area (Å²) in [5.41, 5.74) is 6.17. The quantitative estimate of drug-likeness (QED) is 0.820. The maximum absolute atomic E-state index is 12.1. The number of carbonyl (C=O) groups is 1. The fourth-order valence-electron chi connectivity index (χ4n) is 2.55. The first-order valence-electron chi connectivity index (χ1n) is 6.49. The van der Waals surface area contributed by atoms with E-state index >= 15 is 0 Å². The molecule has 1 unspecified atom stereocenters. The van der Waals surface area contributed by atoms with Crippen molar-refractivity contribution in [1.29, 1.82) is 0 Å². The van der Waals surface area contributed by atoms with Gasteiger partial charge in [0.05, 0.1) is 5.56 Å². The van der Waals surface area contributed by atoms with Gasteiger partial charge in [-0.05, 0) is 31.4 Å². The van der Waals surface area contributed by atoms with Crippen molar-refractivity contribution in [2.24, 2.45) is 0 Å². The predicted octanol–water partition coefficient (Wildman–Crippen LogP) is 0.630. The van der Waals surface area contributed by atoms with Crippen molar-refractivity contribution >= 4 is 11.7 Å². The molecular formula is C13H18N4O. The van der Waals surface area contributed by atoms with Crippen LogP contribution in [0.1, 0.15) is 29.6 Å². The first kappa shape index (κ1) is 11.5. The summed E-state index contributed by atoms with van der Waals surface area (Å²) in [6.45, 7) is 2.06. The highest BCUT2D eigenvalue weighted by atomic mass is 16.1. The van der Waals surface area contributed by atoms with E-state index in [4.69, 9.17) is 5.73 Å². The van der Waals surface area contributed by atoms with Crippen LogP contribution in [0, 0.1) is 0 Å². The third kappa shape index (κ3) is 2.31. The summed E-state index contributed by atoms with van der Waals surface area (Å²) in [7, 11) is 0. The molecule has 1 atom stereocenters. The average Bonchev–Trinajstić information content (AvgIpc) is 3.11. The van der Waals surface area contributed by atoms with Gasteiger partial charge in [0.15, 0.2) is 0 Å². The highest BCUT2D eigenvalue weighted by Crippen LogP contribution is 2.29. The first-order valence-corrected chi connectivity index (χ1v) is 6.49. The van der Waals surface area contributed by atoms with E-state index < -0.39 is 0 Å². The molecule has 1 aliphatic carbocycles. The number of rotatable bonds is 3. The van der Waals surface area contributed by atoms with Gasteiger partial charge in [0.1, 0.15) is 5.82 Å². The molecule has 3 rings (SSSR count). The molecule has 2 aliphatic rings. The minimum atomic E-state index is -0.108. The van der Waals surface area contributed by atoms with Crippen molar-refractivity contribution in [3.8, 4) is 0 Å². The molecule has 0 aromatic carbocycles. The van der Waals surface area contributed by atoms with E-state index in [1.54, 1.807) is 18.3 Å². The van der Waals surface area contributed by atoms with Gasteiger partial charge in [-0.25, -0.2) is 4.98 Å². The maximum atomic E-state index is 12.1. The summed E-state index contributed by atoms with van der Waals surface area (Å²) in [6, 6.07) is 4.47. The molecule has 1 aliphatic heterocycles. The number of aromatic nitrogens is 1. The van der Waals surface area contributed by atoms with Crippen LogP contribution in [0.15, 0.2) is 18.3 Å². The zero-order valence-corrected chi connectivity index (χ0v) is 10.3. The summed E-state index contributed by atoms with van der Waals surface area (Å²) in [4.78, 5) is 18.5. The second-order valence-corrected chi connectivity index (χ2v) is 5.12. The minimum Gasteiger partial charge on any atom is -0.383 e. The van der Waals surface area contributed by atoms with Gasteiger partial charge < -0.3 is 11.1 Å². The Morgan fingerprint density at radius 3 is 3.00 bits per heavy atom. The number of hydrogen-bond donors (Lipinski definition) is 2. The number of anilines is 1. The molecule has 1 aromatic rings. The number of carbonyl (C=O) groups excluding carboxylic acids is 1. The number of nitrogens with one attached hydrogen (secondary N) is 1. The number of pyridine rings is 1. The van der Waals surface area contributed by atoms with Gasteiger partial charge in [-0.15, -0.1) is 0 Å². The molecule has 0 radical (unpaired) electrons. The maximum Gasteiger partial charge on any atom is 0.255 e. The van der Waals surface area contributed by atoms with Crippen molar-refractivity contribution < 1.29 is 4.79 Å². The Morgan fingerprint density at radius 2 is 2.28 bits per heavy atom. The van der Waals surface area contributed by atoms with Crippen molar-refractivity contribution in [3.63, 3.8) is 0 Å². The lowest BCUT2D eigenvalue weighted by Gasteiger charge is -2.16. The highest BCUT2D eigenvalue weighted by molar-refractivity contribution is 5.98. The van der Waals surface area contributed by atoms with Gasteiger partial charge in [0.25, 0.3) is 5.91 Å². The number of hydrogen-bond acceptors (Lipinski definition) is 4. The predicted molar refractivity (Wildman–Crippen MR) is 69.1 cm³/mol.